The number of carbonyl (C=O) groups is 1. The lowest BCUT2D eigenvalue weighted by atomic mass is 10.0. The van der Waals surface area contributed by atoms with Gasteiger partial charge in [-0.3, -0.25) is 4.79 Å². The summed E-state index contributed by atoms with van der Waals surface area (Å²) < 4.78 is 4.96. The van der Waals surface area contributed by atoms with Crippen LogP contribution in [0.3, 0.4) is 0 Å². The second-order valence-electron chi connectivity index (χ2n) is 8.02. The summed E-state index contributed by atoms with van der Waals surface area (Å²) in [5.74, 6) is 0.151. The van der Waals surface area contributed by atoms with Crippen molar-refractivity contribution in [3.8, 4) is 0 Å². The molecule has 0 aliphatic rings. The van der Waals surface area contributed by atoms with Crippen LogP contribution in [0.2, 0.25) is 0 Å². The second-order valence-corrected chi connectivity index (χ2v) is 8.02. The fourth-order valence-electron chi connectivity index (χ4n) is 3.00. The van der Waals surface area contributed by atoms with Crippen molar-refractivity contribution in [2.75, 3.05) is 0 Å². The van der Waals surface area contributed by atoms with Crippen LogP contribution in [0, 0.1) is 0 Å². The molecule has 2 nitrogen and oxygen atoms in total. The number of hydrogen-bond acceptors (Lipinski definition) is 2. The molecule has 154 valence electrons. The van der Waals surface area contributed by atoms with E-state index in [9.17, 15) is 4.79 Å². The summed E-state index contributed by atoms with van der Waals surface area (Å²) in [4.78, 5) is 11.9. The van der Waals surface area contributed by atoms with Crippen molar-refractivity contribution < 1.29 is 9.21 Å². The minimum Gasteiger partial charge on any atom is -0.472 e. The molecule has 0 atom stereocenters. The Labute approximate surface area is 172 Å². The van der Waals surface area contributed by atoms with Crippen molar-refractivity contribution in [2.45, 2.75) is 86.0 Å². The van der Waals surface area contributed by atoms with E-state index in [4.69, 9.17) is 4.42 Å². The maximum atomic E-state index is 11.9. The Morgan fingerprint density at radius 1 is 0.750 bits per heavy atom. The highest BCUT2D eigenvalue weighted by Crippen LogP contribution is 2.14. The summed E-state index contributed by atoms with van der Waals surface area (Å²) in [6.07, 6.45) is 20.4. The first-order chi connectivity index (χ1) is 13.4. The zero-order chi connectivity index (χ0) is 20.8. The van der Waals surface area contributed by atoms with Crippen LogP contribution in [0.4, 0.5) is 0 Å². The molecule has 28 heavy (non-hydrogen) atoms. The molecule has 1 rings (SSSR count). The topological polar surface area (TPSA) is 30.2 Å². The van der Waals surface area contributed by atoms with Crippen molar-refractivity contribution in [2.24, 2.45) is 0 Å². The van der Waals surface area contributed by atoms with Crippen LogP contribution in [0.15, 0.2) is 69.6 Å². The summed E-state index contributed by atoms with van der Waals surface area (Å²) in [7, 11) is 0. The molecule has 1 heterocycles. The molecule has 0 radical (unpaired) electrons. The highest BCUT2D eigenvalue weighted by atomic mass is 16.3. The van der Waals surface area contributed by atoms with Gasteiger partial charge in [0.1, 0.15) is 6.26 Å². The zero-order valence-electron chi connectivity index (χ0n) is 18.5. The standard InChI is InChI=1S/C26H38O2/c1-21(2)10-6-11-22(3)12-7-13-23(4)14-8-15-24(5)16-9-17-26(27)25-18-19-28-20-25/h10,12,14,16,18-20H,6-9,11,13,15,17H2,1-5H3/b22-12+,23-14+,24-16+. The van der Waals surface area contributed by atoms with Gasteiger partial charge in [-0.15, -0.1) is 0 Å². The van der Waals surface area contributed by atoms with Gasteiger partial charge in [-0.2, -0.15) is 0 Å². The average molecular weight is 383 g/mol. The fourth-order valence-corrected chi connectivity index (χ4v) is 3.00. The number of allylic oxidation sites excluding steroid dienone is 8. The summed E-state index contributed by atoms with van der Waals surface area (Å²) in [6, 6.07) is 1.73. The number of ketones is 1. The molecule has 0 aliphatic heterocycles. The van der Waals surface area contributed by atoms with Crippen molar-refractivity contribution in [3.05, 3.63) is 70.8 Å². The third-order valence-corrected chi connectivity index (χ3v) is 4.86. The Morgan fingerprint density at radius 3 is 1.64 bits per heavy atom. The molecule has 0 aliphatic carbocycles. The van der Waals surface area contributed by atoms with Gasteiger partial charge in [0.2, 0.25) is 0 Å². The van der Waals surface area contributed by atoms with E-state index < -0.39 is 0 Å². The maximum absolute atomic E-state index is 11.9. The van der Waals surface area contributed by atoms with Crippen LogP contribution in [0.1, 0.15) is 96.3 Å². The number of Topliss-reactive ketones (excluding diaryl/α,β-unsaturated/α-hetero) is 1. The van der Waals surface area contributed by atoms with Crippen LogP contribution in [-0.4, -0.2) is 5.78 Å². The Kier molecular flexibility index (Phi) is 12.0. The van der Waals surface area contributed by atoms with Gasteiger partial charge in [0.15, 0.2) is 5.78 Å². The number of carbonyl (C=O) groups excluding carboxylic acids is 1. The van der Waals surface area contributed by atoms with E-state index in [-0.39, 0.29) is 5.78 Å². The zero-order valence-corrected chi connectivity index (χ0v) is 18.5. The average Bonchev–Trinajstić information content (AvgIpc) is 3.16. The molecule has 0 fully saturated rings. The lowest BCUT2D eigenvalue weighted by Crippen LogP contribution is -1.95. The molecular weight excluding hydrogens is 344 g/mol. The molecule has 0 aromatic carbocycles. The molecule has 0 spiro atoms. The van der Waals surface area contributed by atoms with E-state index in [0.717, 1.165) is 38.5 Å². The predicted molar refractivity (Wildman–Crippen MR) is 121 cm³/mol. The maximum Gasteiger partial charge on any atom is 0.166 e. The summed E-state index contributed by atoms with van der Waals surface area (Å²) in [5.41, 5.74) is 6.40. The molecule has 0 saturated heterocycles. The molecule has 0 amide bonds. The Morgan fingerprint density at radius 2 is 1.21 bits per heavy atom. The van der Waals surface area contributed by atoms with Crippen molar-refractivity contribution in [3.63, 3.8) is 0 Å². The Balaban J connectivity index is 2.22. The summed E-state index contributed by atoms with van der Waals surface area (Å²) >= 11 is 0. The van der Waals surface area contributed by atoms with Crippen LogP contribution >= 0.6 is 0 Å². The number of furan rings is 1. The van der Waals surface area contributed by atoms with Gasteiger partial charge in [0.05, 0.1) is 11.8 Å². The van der Waals surface area contributed by atoms with Gasteiger partial charge < -0.3 is 4.42 Å². The summed E-state index contributed by atoms with van der Waals surface area (Å²) in [5, 5.41) is 0. The van der Waals surface area contributed by atoms with Crippen molar-refractivity contribution >= 4 is 5.78 Å². The first-order valence-electron chi connectivity index (χ1n) is 10.5. The molecule has 0 N–H and O–H groups in total. The molecule has 1 aromatic heterocycles. The van der Waals surface area contributed by atoms with E-state index >= 15 is 0 Å². The highest BCUT2D eigenvalue weighted by Gasteiger charge is 2.05. The number of rotatable bonds is 13. The molecular formula is C26H38O2. The molecule has 0 saturated carbocycles. The minimum absolute atomic E-state index is 0.151. The van der Waals surface area contributed by atoms with E-state index in [0.29, 0.717) is 12.0 Å². The lowest BCUT2D eigenvalue weighted by molar-refractivity contribution is 0.0983. The molecule has 2 heteroatoms. The Bertz CT molecular complexity index is 693. The van der Waals surface area contributed by atoms with Crippen LogP contribution in [-0.2, 0) is 0 Å². The van der Waals surface area contributed by atoms with Crippen molar-refractivity contribution in [1.82, 2.24) is 0 Å². The summed E-state index contributed by atoms with van der Waals surface area (Å²) in [6.45, 7) is 10.9. The van der Waals surface area contributed by atoms with Gasteiger partial charge >= 0.3 is 0 Å². The minimum atomic E-state index is 0.151. The smallest absolute Gasteiger partial charge is 0.166 e. The molecule has 1 aromatic rings. The monoisotopic (exact) mass is 382 g/mol. The third-order valence-electron chi connectivity index (χ3n) is 4.86. The largest absolute Gasteiger partial charge is 0.472 e. The van der Waals surface area contributed by atoms with E-state index in [2.05, 4.69) is 58.9 Å². The van der Waals surface area contributed by atoms with Crippen LogP contribution in [0.5, 0.6) is 0 Å². The van der Waals surface area contributed by atoms with Gasteiger partial charge in [0, 0.05) is 6.42 Å². The third kappa shape index (κ3) is 11.6. The number of hydrogen-bond donors (Lipinski definition) is 0. The molecule has 0 unspecified atom stereocenters. The SMILES string of the molecule is CC(C)=CCC/C(C)=C/CC/C(C)=C/CC/C(C)=C/CCC(=O)c1ccoc1. The predicted octanol–water partition coefficient (Wildman–Crippen LogP) is 8.39. The normalized spacial score (nSPS) is 13.0. The van der Waals surface area contributed by atoms with Gasteiger partial charge in [-0.1, -0.05) is 46.6 Å². The molecule has 0 bridgehead atoms. The van der Waals surface area contributed by atoms with E-state index in [1.54, 1.807) is 12.3 Å². The first kappa shape index (κ1) is 23.9. The van der Waals surface area contributed by atoms with Crippen LogP contribution < -0.4 is 0 Å². The van der Waals surface area contributed by atoms with Crippen LogP contribution in [0.25, 0.3) is 0 Å². The van der Waals surface area contributed by atoms with E-state index in [1.807, 2.05) is 0 Å². The Hall–Kier alpha value is -2.09. The fraction of sp³-hybridized carbons (Fsp3) is 0.500. The second kappa shape index (κ2) is 14.0. The highest BCUT2D eigenvalue weighted by molar-refractivity contribution is 5.95. The van der Waals surface area contributed by atoms with E-state index in [1.165, 1.54) is 35.0 Å². The first-order valence-corrected chi connectivity index (χ1v) is 10.5. The van der Waals surface area contributed by atoms with Gasteiger partial charge in [-0.05, 0) is 85.6 Å². The van der Waals surface area contributed by atoms with Gasteiger partial charge in [-0.25, -0.2) is 0 Å². The van der Waals surface area contributed by atoms with Gasteiger partial charge in [0.25, 0.3) is 0 Å². The quantitative estimate of drug-likeness (QED) is 0.253. The van der Waals surface area contributed by atoms with Crippen molar-refractivity contribution in [1.29, 1.82) is 0 Å². The lowest BCUT2D eigenvalue weighted by Gasteiger charge is -2.03.